The minimum absolute atomic E-state index is 0.119. The number of hydrogen-bond donors (Lipinski definition) is 2. The molecule has 3 rings (SSSR count). The molecule has 2 aromatic carbocycles. The maximum absolute atomic E-state index is 12.4. The molecule has 0 unspecified atom stereocenters. The highest BCUT2D eigenvalue weighted by Gasteiger charge is 2.13. The van der Waals surface area contributed by atoms with Gasteiger partial charge in [-0.3, -0.25) is 9.59 Å². The summed E-state index contributed by atoms with van der Waals surface area (Å²) < 4.78 is 5.25. The Labute approximate surface area is 161 Å². The molecule has 3 aromatic rings. The van der Waals surface area contributed by atoms with E-state index in [1.807, 2.05) is 31.2 Å². The summed E-state index contributed by atoms with van der Waals surface area (Å²) in [5.74, 6) is 0.357. The van der Waals surface area contributed by atoms with Gasteiger partial charge in [-0.25, -0.2) is 0 Å². The molecular formula is C19H20N6O3. The SMILES string of the molecule is COc1ccc(NC(C)=O)cc1NC(=O)Cn1nnc(-c2ccccc2C)n1. The number of nitrogens with zero attached hydrogens (tertiary/aromatic N) is 4. The number of carbonyl (C=O) groups is 2. The number of aromatic nitrogens is 4. The lowest BCUT2D eigenvalue weighted by Crippen LogP contribution is -2.21. The van der Waals surface area contributed by atoms with Crippen LogP contribution in [0, 0.1) is 6.92 Å². The molecule has 0 radical (unpaired) electrons. The van der Waals surface area contributed by atoms with Crippen LogP contribution >= 0.6 is 0 Å². The van der Waals surface area contributed by atoms with Crippen molar-refractivity contribution in [3.8, 4) is 17.1 Å². The van der Waals surface area contributed by atoms with Crippen LogP contribution in [0.5, 0.6) is 5.75 Å². The van der Waals surface area contributed by atoms with Gasteiger partial charge in [0.2, 0.25) is 17.6 Å². The van der Waals surface area contributed by atoms with Gasteiger partial charge in [0.25, 0.3) is 0 Å². The van der Waals surface area contributed by atoms with Crippen LogP contribution in [0.1, 0.15) is 12.5 Å². The van der Waals surface area contributed by atoms with Crippen LogP contribution in [0.3, 0.4) is 0 Å². The predicted molar refractivity (Wildman–Crippen MR) is 104 cm³/mol. The molecule has 9 nitrogen and oxygen atoms in total. The smallest absolute Gasteiger partial charge is 0.248 e. The third-order valence-corrected chi connectivity index (χ3v) is 3.92. The van der Waals surface area contributed by atoms with Crippen LogP contribution in [0.2, 0.25) is 0 Å². The highest BCUT2D eigenvalue weighted by atomic mass is 16.5. The number of tetrazole rings is 1. The van der Waals surface area contributed by atoms with Crippen molar-refractivity contribution in [2.75, 3.05) is 17.7 Å². The minimum atomic E-state index is -0.355. The summed E-state index contributed by atoms with van der Waals surface area (Å²) in [5, 5.41) is 17.6. The first kappa shape index (κ1) is 19.0. The normalized spacial score (nSPS) is 10.4. The van der Waals surface area contributed by atoms with Gasteiger partial charge in [0.1, 0.15) is 12.3 Å². The second kappa shape index (κ2) is 8.30. The second-order valence-electron chi connectivity index (χ2n) is 6.10. The molecule has 0 aliphatic rings. The number of methoxy groups -OCH3 is 1. The summed E-state index contributed by atoms with van der Waals surface area (Å²) in [6, 6.07) is 12.6. The first-order chi connectivity index (χ1) is 13.5. The first-order valence-electron chi connectivity index (χ1n) is 8.55. The number of rotatable bonds is 6. The molecule has 0 fully saturated rings. The molecule has 28 heavy (non-hydrogen) atoms. The highest BCUT2D eigenvalue weighted by molar-refractivity contribution is 5.94. The van der Waals surface area contributed by atoms with Crippen molar-refractivity contribution in [1.82, 2.24) is 20.2 Å². The number of amides is 2. The third-order valence-electron chi connectivity index (χ3n) is 3.92. The van der Waals surface area contributed by atoms with Crippen LogP contribution in [-0.4, -0.2) is 39.1 Å². The molecule has 0 spiro atoms. The first-order valence-corrected chi connectivity index (χ1v) is 8.55. The van der Waals surface area contributed by atoms with Crippen LogP contribution in [-0.2, 0) is 16.1 Å². The maximum atomic E-state index is 12.4. The van der Waals surface area contributed by atoms with Crippen molar-refractivity contribution >= 4 is 23.2 Å². The maximum Gasteiger partial charge on any atom is 0.248 e. The summed E-state index contributed by atoms with van der Waals surface area (Å²) in [7, 11) is 1.50. The van der Waals surface area contributed by atoms with Crippen molar-refractivity contribution in [2.45, 2.75) is 20.4 Å². The summed E-state index contributed by atoms with van der Waals surface area (Å²) in [5.41, 5.74) is 2.85. The average molecular weight is 380 g/mol. The zero-order valence-electron chi connectivity index (χ0n) is 15.8. The van der Waals surface area contributed by atoms with Gasteiger partial charge in [-0.1, -0.05) is 24.3 Å². The highest BCUT2D eigenvalue weighted by Crippen LogP contribution is 2.28. The van der Waals surface area contributed by atoms with E-state index >= 15 is 0 Å². The Balaban J connectivity index is 1.72. The molecule has 0 saturated heterocycles. The predicted octanol–water partition coefficient (Wildman–Crippen LogP) is 2.25. The van der Waals surface area contributed by atoms with E-state index in [9.17, 15) is 9.59 Å². The third kappa shape index (κ3) is 4.50. The standard InChI is InChI=1S/C19H20N6O3/c1-12-6-4-5-7-15(12)19-22-24-25(23-19)11-18(27)21-16-10-14(20-13(2)26)8-9-17(16)28-3/h4-10H,11H2,1-3H3,(H,20,26)(H,21,27). The molecule has 144 valence electrons. The Hall–Kier alpha value is -3.75. The van der Waals surface area contributed by atoms with Crippen molar-refractivity contribution in [3.05, 3.63) is 48.0 Å². The zero-order valence-corrected chi connectivity index (χ0v) is 15.8. The van der Waals surface area contributed by atoms with Crippen molar-refractivity contribution in [3.63, 3.8) is 0 Å². The van der Waals surface area contributed by atoms with Crippen LogP contribution in [0.25, 0.3) is 11.4 Å². The number of nitrogens with one attached hydrogen (secondary N) is 2. The fourth-order valence-electron chi connectivity index (χ4n) is 2.65. The van der Waals surface area contributed by atoms with E-state index in [4.69, 9.17) is 4.74 Å². The number of benzene rings is 2. The summed E-state index contributed by atoms with van der Waals surface area (Å²) in [6.45, 7) is 3.24. The fraction of sp³-hybridized carbons (Fsp3) is 0.211. The van der Waals surface area contributed by atoms with E-state index in [1.54, 1.807) is 18.2 Å². The van der Waals surface area contributed by atoms with Gasteiger partial charge in [0.15, 0.2) is 0 Å². The topological polar surface area (TPSA) is 111 Å². The molecule has 2 N–H and O–H groups in total. The van der Waals surface area contributed by atoms with Crippen molar-refractivity contribution in [1.29, 1.82) is 0 Å². The molecule has 1 aromatic heterocycles. The van der Waals surface area contributed by atoms with E-state index < -0.39 is 0 Å². The minimum Gasteiger partial charge on any atom is -0.495 e. The number of ether oxygens (including phenoxy) is 1. The van der Waals surface area contributed by atoms with E-state index in [1.165, 1.54) is 18.8 Å². The van der Waals surface area contributed by atoms with Gasteiger partial charge in [-0.15, -0.1) is 10.2 Å². The van der Waals surface area contributed by atoms with Gasteiger partial charge < -0.3 is 15.4 Å². The Kier molecular flexibility index (Phi) is 5.64. The number of carbonyl (C=O) groups excluding carboxylic acids is 2. The summed E-state index contributed by atoms with van der Waals surface area (Å²) in [4.78, 5) is 24.9. The van der Waals surface area contributed by atoms with Gasteiger partial charge in [-0.05, 0) is 35.9 Å². The van der Waals surface area contributed by atoms with Gasteiger partial charge in [0, 0.05) is 18.2 Å². The molecular weight excluding hydrogens is 360 g/mol. The largest absolute Gasteiger partial charge is 0.495 e. The number of aryl methyl sites for hydroxylation is 1. The lowest BCUT2D eigenvalue weighted by molar-refractivity contribution is -0.117. The Morgan fingerprint density at radius 1 is 1.14 bits per heavy atom. The molecule has 0 aliphatic carbocycles. The Bertz CT molecular complexity index is 1010. The zero-order chi connectivity index (χ0) is 20.1. The van der Waals surface area contributed by atoms with Gasteiger partial charge >= 0.3 is 0 Å². The molecule has 0 atom stereocenters. The second-order valence-corrected chi connectivity index (χ2v) is 6.10. The molecule has 9 heteroatoms. The molecule has 1 heterocycles. The van der Waals surface area contributed by atoms with Crippen LogP contribution < -0.4 is 15.4 Å². The van der Waals surface area contributed by atoms with Crippen LogP contribution in [0.15, 0.2) is 42.5 Å². The average Bonchev–Trinajstić information content (AvgIpc) is 3.10. The van der Waals surface area contributed by atoms with E-state index in [-0.39, 0.29) is 18.4 Å². The summed E-state index contributed by atoms with van der Waals surface area (Å²) >= 11 is 0. The van der Waals surface area contributed by atoms with E-state index in [0.29, 0.717) is 22.9 Å². The van der Waals surface area contributed by atoms with Crippen molar-refractivity contribution in [2.24, 2.45) is 0 Å². The van der Waals surface area contributed by atoms with E-state index in [2.05, 4.69) is 26.0 Å². The molecule has 0 saturated carbocycles. The van der Waals surface area contributed by atoms with Crippen molar-refractivity contribution < 1.29 is 14.3 Å². The van der Waals surface area contributed by atoms with Gasteiger partial charge in [0.05, 0.1) is 12.8 Å². The van der Waals surface area contributed by atoms with E-state index in [0.717, 1.165) is 11.1 Å². The lowest BCUT2D eigenvalue weighted by atomic mass is 10.1. The van der Waals surface area contributed by atoms with Gasteiger partial charge in [-0.2, -0.15) is 4.80 Å². The summed E-state index contributed by atoms with van der Waals surface area (Å²) in [6.07, 6.45) is 0. The quantitative estimate of drug-likeness (QED) is 0.678. The molecule has 0 bridgehead atoms. The monoisotopic (exact) mass is 380 g/mol. The number of hydrogen-bond acceptors (Lipinski definition) is 6. The fourth-order valence-corrected chi connectivity index (χ4v) is 2.65. The van der Waals surface area contributed by atoms with Crippen LogP contribution in [0.4, 0.5) is 11.4 Å². The molecule has 2 amide bonds. The molecule has 0 aliphatic heterocycles. The lowest BCUT2D eigenvalue weighted by Gasteiger charge is -2.12. The Morgan fingerprint density at radius 3 is 2.64 bits per heavy atom. The number of anilines is 2. The Morgan fingerprint density at radius 2 is 1.93 bits per heavy atom.